The predicted octanol–water partition coefficient (Wildman–Crippen LogP) is 4.08. The number of nitrogens with zero attached hydrogens (tertiary/aromatic N) is 1. The van der Waals surface area contributed by atoms with Crippen LogP contribution in [0.15, 0.2) is 0 Å². The van der Waals surface area contributed by atoms with Crippen LogP contribution in [-0.4, -0.2) is 29.2 Å². The van der Waals surface area contributed by atoms with E-state index in [1.807, 2.05) is 0 Å². The molecule has 1 rings (SSSR count). The number of alkyl halides is 1. The van der Waals surface area contributed by atoms with Gasteiger partial charge in [0.1, 0.15) is 0 Å². The predicted molar refractivity (Wildman–Crippen MR) is 81.0 cm³/mol. The quantitative estimate of drug-likeness (QED) is 0.676. The van der Waals surface area contributed by atoms with E-state index in [0.717, 1.165) is 43.6 Å². The molecule has 1 saturated heterocycles. The van der Waals surface area contributed by atoms with E-state index >= 15 is 0 Å². The van der Waals surface area contributed by atoms with Gasteiger partial charge < -0.3 is 4.90 Å². The highest BCUT2D eigenvalue weighted by molar-refractivity contribution is 9.09. The van der Waals surface area contributed by atoms with Gasteiger partial charge in [0.05, 0.1) is 0 Å². The first-order valence-corrected chi connectivity index (χ1v) is 8.50. The van der Waals surface area contributed by atoms with Crippen LogP contribution in [0.1, 0.15) is 52.9 Å². The number of halogens is 1. The second-order valence-electron chi connectivity index (χ2n) is 6.08. The molecule has 0 saturated carbocycles. The maximum atomic E-state index is 12.1. The molecule has 0 aliphatic carbocycles. The van der Waals surface area contributed by atoms with E-state index in [1.54, 1.807) is 0 Å². The highest BCUT2D eigenvalue weighted by atomic mass is 79.9. The zero-order valence-corrected chi connectivity index (χ0v) is 13.7. The van der Waals surface area contributed by atoms with Crippen molar-refractivity contribution in [3.63, 3.8) is 0 Å². The van der Waals surface area contributed by atoms with Gasteiger partial charge in [-0.05, 0) is 43.4 Å². The van der Waals surface area contributed by atoms with E-state index in [1.165, 1.54) is 12.8 Å². The number of amides is 1. The third-order valence-corrected chi connectivity index (χ3v) is 4.75. The highest BCUT2D eigenvalue weighted by Gasteiger charge is 2.24. The van der Waals surface area contributed by atoms with Gasteiger partial charge in [0.15, 0.2) is 0 Å². The molecule has 1 heterocycles. The molecule has 0 N–H and O–H groups in total. The van der Waals surface area contributed by atoms with Gasteiger partial charge in [0, 0.05) is 24.8 Å². The lowest BCUT2D eigenvalue weighted by Crippen LogP contribution is -2.32. The van der Waals surface area contributed by atoms with Crippen LogP contribution in [0.5, 0.6) is 0 Å². The van der Waals surface area contributed by atoms with Crippen LogP contribution in [-0.2, 0) is 4.79 Å². The van der Waals surface area contributed by atoms with Crippen molar-refractivity contribution in [2.45, 2.75) is 52.9 Å². The summed E-state index contributed by atoms with van der Waals surface area (Å²) in [4.78, 5) is 14.2. The summed E-state index contributed by atoms with van der Waals surface area (Å²) < 4.78 is 0. The Bertz CT molecular complexity index is 255. The van der Waals surface area contributed by atoms with Crippen molar-refractivity contribution in [1.29, 1.82) is 0 Å². The van der Waals surface area contributed by atoms with Crippen LogP contribution in [0.25, 0.3) is 0 Å². The second kappa shape index (κ2) is 8.19. The smallest absolute Gasteiger partial charge is 0.222 e. The number of hydrogen-bond acceptors (Lipinski definition) is 1. The topological polar surface area (TPSA) is 20.3 Å². The SMILES string of the molecule is CC(CCBr)CCN1CCC(C(C)C)CCC1=O. The van der Waals surface area contributed by atoms with Gasteiger partial charge in [-0.1, -0.05) is 36.7 Å². The number of likely N-dealkylation sites (tertiary alicyclic amines) is 1. The highest BCUT2D eigenvalue weighted by Crippen LogP contribution is 2.25. The van der Waals surface area contributed by atoms with Gasteiger partial charge in [0.2, 0.25) is 5.91 Å². The van der Waals surface area contributed by atoms with E-state index in [4.69, 9.17) is 0 Å². The summed E-state index contributed by atoms with van der Waals surface area (Å²) in [6.07, 6.45) is 5.39. The summed E-state index contributed by atoms with van der Waals surface area (Å²) in [5.41, 5.74) is 0. The number of carbonyl (C=O) groups excluding carboxylic acids is 1. The average Bonchev–Trinajstić information content (AvgIpc) is 2.49. The molecule has 0 aromatic heterocycles. The molecule has 18 heavy (non-hydrogen) atoms. The van der Waals surface area contributed by atoms with E-state index in [-0.39, 0.29) is 0 Å². The van der Waals surface area contributed by atoms with E-state index < -0.39 is 0 Å². The fourth-order valence-electron chi connectivity index (χ4n) is 2.67. The Labute approximate surface area is 121 Å². The lowest BCUT2D eigenvalue weighted by Gasteiger charge is -2.23. The Balaban J connectivity index is 2.38. The van der Waals surface area contributed by atoms with Crippen molar-refractivity contribution >= 4 is 21.8 Å². The Morgan fingerprint density at radius 2 is 2.00 bits per heavy atom. The molecule has 2 nitrogen and oxygen atoms in total. The normalized spacial score (nSPS) is 23.3. The monoisotopic (exact) mass is 317 g/mol. The molecule has 1 fully saturated rings. The molecule has 3 heteroatoms. The van der Waals surface area contributed by atoms with Gasteiger partial charge in [-0.15, -0.1) is 0 Å². The third-order valence-electron chi connectivity index (χ3n) is 4.29. The van der Waals surface area contributed by atoms with E-state index in [2.05, 4.69) is 41.6 Å². The standard InChI is InChI=1S/C15H28BrNO/c1-12(2)14-4-5-15(18)17(11-8-14)10-7-13(3)6-9-16/h12-14H,4-11H2,1-3H3. The molecular formula is C15H28BrNO. The molecule has 0 spiro atoms. The lowest BCUT2D eigenvalue weighted by atomic mass is 9.89. The molecule has 0 bridgehead atoms. The molecule has 1 aliphatic heterocycles. The zero-order chi connectivity index (χ0) is 13.5. The number of carbonyl (C=O) groups is 1. The minimum absolute atomic E-state index is 0.379. The van der Waals surface area contributed by atoms with Crippen molar-refractivity contribution in [2.75, 3.05) is 18.4 Å². The molecular weight excluding hydrogens is 290 g/mol. The van der Waals surface area contributed by atoms with Crippen molar-refractivity contribution < 1.29 is 4.79 Å². The van der Waals surface area contributed by atoms with Gasteiger partial charge in [-0.25, -0.2) is 0 Å². The average molecular weight is 318 g/mol. The molecule has 2 unspecified atom stereocenters. The van der Waals surface area contributed by atoms with E-state index in [0.29, 0.717) is 17.7 Å². The lowest BCUT2D eigenvalue weighted by molar-refractivity contribution is -0.130. The molecule has 1 aliphatic rings. The largest absolute Gasteiger partial charge is 0.343 e. The number of hydrogen-bond donors (Lipinski definition) is 0. The zero-order valence-electron chi connectivity index (χ0n) is 12.1. The van der Waals surface area contributed by atoms with Crippen LogP contribution >= 0.6 is 15.9 Å². The van der Waals surface area contributed by atoms with Crippen molar-refractivity contribution in [2.24, 2.45) is 17.8 Å². The van der Waals surface area contributed by atoms with Gasteiger partial charge in [-0.3, -0.25) is 4.79 Å². The summed E-state index contributed by atoms with van der Waals surface area (Å²) >= 11 is 3.48. The second-order valence-corrected chi connectivity index (χ2v) is 6.88. The third kappa shape index (κ3) is 5.29. The molecule has 0 aromatic carbocycles. The van der Waals surface area contributed by atoms with Gasteiger partial charge in [-0.2, -0.15) is 0 Å². The molecule has 0 radical (unpaired) electrons. The molecule has 0 aromatic rings. The maximum absolute atomic E-state index is 12.1. The van der Waals surface area contributed by atoms with Crippen molar-refractivity contribution in [3.05, 3.63) is 0 Å². The minimum Gasteiger partial charge on any atom is -0.343 e. The molecule has 2 atom stereocenters. The van der Waals surface area contributed by atoms with Gasteiger partial charge in [0.25, 0.3) is 0 Å². The Hall–Kier alpha value is -0.0500. The summed E-state index contributed by atoms with van der Waals surface area (Å²) in [6.45, 7) is 8.77. The van der Waals surface area contributed by atoms with Crippen LogP contribution in [0.4, 0.5) is 0 Å². The summed E-state index contributed by atoms with van der Waals surface area (Å²) in [6, 6.07) is 0. The summed E-state index contributed by atoms with van der Waals surface area (Å²) in [5.74, 6) is 2.54. The number of rotatable bonds is 6. The minimum atomic E-state index is 0.379. The summed E-state index contributed by atoms with van der Waals surface area (Å²) in [7, 11) is 0. The van der Waals surface area contributed by atoms with Crippen molar-refractivity contribution in [3.8, 4) is 0 Å². The maximum Gasteiger partial charge on any atom is 0.222 e. The first-order chi connectivity index (χ1) is 8.54. The fraction of sp³-hybridized carbons (Fsp3) is 0.933. The Kier molecular flexibility index (Phi) is 7.28. The Morgan fingerprint density at radius 3 is 2.61 bits per heavy atom. The fourth-order valence-corrected chi connectivity index (χ4v) is 3.45. The first-order valence-electron chi connectivity index (χ1n) is 7.38. The van der Waals surface area contributed by atoms with E-state index in [9.17, 15) is 4.79 Å². The van der Waals surface area contributed by atoms with Gasteiger partial charge >= 0.3 is 0 Å². The Morgan fingerprint density at radius 1 is 1.28 bits per heavy atom. The van der Waals surface area contributed by atoms with Crippen LogP contribution in [0.3, 0.4) is 0 Å². The summed E-state index contributed by atoms with van der Waals surface area (Å²) in [5, 5.41) is 1.07. The van der Waals surface area contributed by atoms with Crippen LogP contribution in [0, 0.1) is 17.8 Å². The van der Waals surface area contributed by atoms with Crippen LogP contribution < -0.4 is 0 Å². The van der Waals surface area contributed by atoms with Crippen molar-refractivity contribution in [1.82, 2.24) is 4.90 Å². The first kappa shape index (κ1) is 16.0. The molecule has 106 valence electrons. The molecule has 1 amide bonds. The van der Waals surface area contributed by atoms with Crippen LogP contribution in [0.2, 0.25) is 0 Å².